The first-order valence-electron chi connectivity index (χ1n) is 17.1. The molecule has 0 spiro atoms. The monoisotopic (exact) mass is 590 g/mol. The van der Waals surface area contributed by atoms with Crippen LogP contribution in [0.3, 0.4) is 0 Å². The Morgan fingerprint density at radius 2 is 1.10 bits per heavy atom. The molecular formula is C37H66O3S. The fourth-order valence-electron chi connectivity index (χ4n) is 5.37. The van der Waals surface area contributed by atoms with Crippen LogP contribution >= 0.6 is 11.8 Å². The van der Waals surface area contributed by atoms with E-state index in [9.17, 15) is 9.90 Å². The minimum Gasteiger partial charge on any atom is -0.507 e. The van der Waals surface area contributed by atoms with Crippen LogP contribution in [0.4, 0.5) is 0 Å². The van der Waals surface area contributed by atoms with Crippen LogP contribution in [0.1, 0.15) is 174 Å². The maximum atomic E-state index is 12.4. The zero-order chi connectivity index (χ0) is 30.6. The van der Waals surface area contributed by atoms with E-state index >= 15 is 0 Å². The number of thioether (sulfide) groups is 1. The number of ether oxygens (including phenoxy) is 1. The van der Waals surface area contributed by atoms with Gasteiger partial charge in [0.15, 0.2) is 0 Å². The van der Waals surface area contributed by atoms with Gasteiger partial charge < -0.3 is 9.84 Å². The summed E-state index contributed by atoms with van der Waals surface area (Å²) in [7, 11) is 0. The SMILES string of the molecule is CCCCCCCCCCCCCCCCCCSCCOC(=O)CCc1cc(C(C)(C)C)c(O)c(C(C)(C)C)c1. The molecule has 0 heterocycles. The van der Waals surface area contributed by atoms with Crippen LogP contribution in [0.2, 0.25) is 0 Å². The van der Waals surface area contributed by atoms with Gasteiger partial charge >= 0.3 is 5.97 Å². The Balaban J connectivity index is 2.04. The second kappa shape index (κ2) is 21.5. The Kier molecular flexibility index (Phi) is 19.9. The Morgan fingerprint density at radius 3 is 1.51 bits per heavy atom. The number of carbonyl (C=O) groups is 1. The van der Waals surface area contributed by atoms with E-state index in [4.69, 9.17) is 4.74 Å². The van der Waals surface area contributed by atoms with Crippen molar-refractivity contribution >= 4 is 17.7 Å². The summed E-state index contributed by atoms with van der Waals surface area (Å²) in [5.41, 5.74) is 2.65. The lowest BCUT2D eigenvalue weighted by Crippen LogP contribution is -2.18. The lowest BCUT2D eigenvalue weighted by Gasteiger charge is -2.28. The molecular weight excluding hydrogens is 524 g/mol. The van der Waals surface area contributed by atoms with Gasteiger partial charge in [0.2, 0.25) is 0 Å². The van der Waals surface area contributed by atoms with Crippen molar-refractivity contribution in [3.05, 3.63) is 28.8 Å². The lowest BCUT2D eigenvalue weighted by molar-refractivity contribution is -0.142. The first kappa shape index (κ1) is 37.9. The minimum absolute atomic E-state index is 0.129. The molecule has 41 heavy (non-hydrogen) atoms. The van der Waals surface area contributed by atoms with Crippen LogP contribution in [-0.2, 0) is 26.8 Å². The zero-order valence-corrected chi connectivity index (χ0v) is 29.0. The fourth-order valence-corrected chi connectivity index (χ4v) is 6.18. The molecule has 1 rings (SSSR count). The molecule has 0 unspecified atom stereocenters. The summed E-state index contributed by atoms with van der Waals surface area (Å²) in [5, 5.41) is 10.9. The summed E-state index contributed by atoms with van der Waals surface area (Å²) in [6, 6.07) is 4.12. The van der Waals surface area contributed by atoms with Crippen LogP contribution in [0, 0.1) is 0 Å². The highest BCUT2D eigenvalue weighted by Gasteiger charge is 2.26. The topological polar surface area (TPSA) is 46.5 Å². The Bertz CT molecular complexity index is 783. The fraction of sp³-hybridized carbons (Fsp3) is 0.811. The number of phenols is 1. The quantitative estimate of drug-likeness (QED) is 0.102. The third-order valence-corrected chi connectivity index (χ3v) is 9.07. The van der Waals surface area contributed by atoms with Crippen molar-refractivity contribution < 1.29 is 14.6 Å². The third-order valence-electron chi connectivity index (χ3n) is 8.04. The summed E-state index contributed by atoms with van der Waals surface area (Å²) < 4.78 is 5.51. The van der Waals surface area contributed by atoms with Crippen LogP contribution in [-0.4, -0.2) is 29.2 Å². The molecule has 0 amide bonds. The van der Waals surface area contributed by atoms with Crippen LogP contribution < -0.4 is 0 Å². The van der Waals surface area contributed by atoms with Crippen molar-refractivity contribution in [2.75, 3.05) is 18.1 Å². The molecule has 0 radical (unpaired) electrons. The van der Waals surface area contributed by atoms with Gasteiger partial charge in [-0.2, -0.15) is 11.8 Å². The van der Waals surface area contributed by atoms with E-state index in [1.54, 1.807) is 0 Å². The molecule has 0 aliphatic heterocycles. The second-order valence-corrected chi connectivity index (χ2v) is 15.4. The average Bonchev–Trinajstić information content (AvgIpc) is 2.90. The van der Waals surface area contributed by atoms with E-state index in [0.29, 0.717) is 25.2 Å². The van der Waals surface area contributed by atoms with E-state index in [1.807, 2.05) is 11.8 Å². The van der Waals surface area contributed by atoms with E-state index in [0.717, 1.165) is 28.2 Å². The van der Waals surface area contributed by atoms with Gasteiger partial charge in [0.05, 0.1) is 0 Å². The van der Waals surface area contributed by atoms with Crippen LogP contribution in [0.15, 0.2) is 12.1 Å². The van der Waals surface area contributed by atoms with Gasteiger partial charge in [0, 0.05) is 12.2 Å². The number of phenolic OH excluding ortho intramolecular Hbond substituents is 1. The normalized spacial score (nSPS) is 12.2. The zero-order valence-electron chi connectivity index (χ0n) is 28.2. The predicted molar refractivity (Wildman–Crippen MR) is 182 cm³/mol. The predicted octanol–water partition coefficient (Wildman–Crippen LogP) is 11.5. The summed E-state index contributed by atoms with van der Waals surface area (Å²) in [6.07, 6.45) is 23.4. The van der Waals surface area contributed by atoms with Crippen molar-refractivity contribution in [2.45, 2.75) is 175 Å². The third kappa shape index (κ3) is 18.2. The highest BCUT2D eigenvalue weighted by atomic mass is 32.2. The molecule has 0 bridgehead atoms. The number of aryl methyl sites for hydroxylation is 1. The van der Waals surface area contributed by atoms with Crippen molar-refractivity contribution in [3.8, 4) is 5.75 Å². The molecule has 0 aliphatic carbocycles. The number of hydrogen-bond acceptors (Lipinski definition) is 4. The van der Waals surface area contributed by atoms with Crippen LogP contribution in [0.5, 0.6) is 5.75 Å². The van der Waals surface area contributed by atoms with E-state index in [-0.39, 0.29) is 16.8 Å². The van der Waals surface area contributed by atoms with E-state index in [2.05, 4.69) is 60.6 Å². The molecule has 0 aromatic heterocycles. The summed E-state index contributed by atoms with van der Waals surface area (Å²) in [4.78, 5) is 12.4. The van der Waals surface area contributed by atoms with E-state index in [1.165, 1.54) is 103 Å². The van der Waals surface area contributed by atoms with E-state index < -0.39 is 0 Å². The molecule has 0 fully saturated rings. The van der Waals surface area contributed by atoms with Gasteiger partial charge in [-0.05, 0) is 46.1 Å². The molecule has 1 N–H and O–H groups in total. The number of aromatic hydroxyl groups is 1. The second-order valence-electron chi connectivity index (χ2n) is 14.2. The standard InChI is InChI=1S/C37H66O3S/c1-8-9-10-11-12-13-14-15-16-17-18-19-20-21-22-23-27-41-28-26-40-34(38)25-24-31-29-32(36(2,3)4)35(39)33(30-31)37(5,6)7/h29-30,39H,8-28H2,1-7H3. The van der Waals surface area contributed by atoms with Crippen molar-refractivity contribution in [1.29, 1.82) is 0 Å². The molecule has 0 saturated carbocycles. The molecule has 238 valence electrons. The number of benzene rings is 1. The largest absolute Gasteiger partial charge is 0.507 e. The summed E-state index contributed by atoms with van der Waals surface area (Å²) in [6.45, 7) is 15.5. The number of esters is 1. The first-order valence-corrected chi connectivity index (χ1v) is 18.2. The van der Waals surface area contributed by atoms with Gasteiger partial charge in [-0.1, -0.05) is 157 Å². The highest BCUT2D eigenvalue weighted by molar-refractivity contribution is 7.99. The first-order chi connectivity index (χ1) is 19.5. The Morgan fingerprint density at radius 1 is 0.683 bits per heavy atom. The molecule has 1 aromatic rings. The van der Waals surface area contributed by atoms with Crippen molar-refractivity contribution in [1.82, 2.24) is 0 Å². The van der Waals surface area contributed by atoms with Gasteiger partial charge in [0.1, 0.15) is 12.4 Å². The number of carbonyl (C=O) groups excluding carboxylic acids is 1. The Hall–Kier alpha value is -1.16. The molecule has 1 aromatic carbocycles. The maximum Gasteiger partial charge on any atom is 0.306 e. The lowest BCUT2D eigenvalue weighted by atomic mass is 9.78. The van der Waals surface area contributed by atoms with Gasteiger partial charge in [-0.25, -0.2) is 0 Å². The number of hydrogen-bond donors (Lipinski definition) is 1. The number of rotatable bonds is 23. The maximum absolute atomic E-state index is 12.4. The summed E-state index contributed by atoms with van der Waals surface area (Å²) in [5.74, 6) is 2.30. The molecule has 3 nitrogen and oxygen atoms in total. The smallest absolute Gasteiger partial charge is 0.306 e. The average molecular weight is 591 g/mol. The Labute approximate surface area is 259 Å². The molecule has 0 atom stereocenters. The van der Waals surface area contributed by atoms with Gasteiger partial charge in [-0.15, -0.1) is 0 Å². The van der Waals surface area contributed by atoms with Crippen molar-refractivity contribution in [3.63, 3.8) is 0 Å². The van der Waals surface area contributed by atoms with Gasteiger partial charge in [0.25, 0.3) is 0 Å². The molecule has 0 saturated heterocycles. The summed E-state index contributed by atoms with van der Waals surface area (Å²) >= 11 is 1.90. The van der Waals surface area contributed by atoms with Gasteiger partial charge in [-0.3, -0.25) is 4.79 Å². The number of unbranched alkanes of at least 4 members (excludes halogenated alkanes) is 15. The highest BCUT2D eigenvalue weighted by Crippen LogP contribution is 2.40. The minimum atomic E-state index is -0.162. The molecule has 4 heteroatoms. The van der Waals surface area contributed by atoms with Crippen molar-refractivity contribution in [2.24, 2.45) is 0 Å². The van der Waals surface area contributed by atoms with Crippen LogP contribution in [0.25, 0.3) is 0 Å². The molecule has 0 aliphatic rings.